The first-order chi connectivity index (χ1) is 17.1. The van der Waals surface area contributed by atoms with E-state index in [4.69, 9.17) is 31.2 Å². The molecule has 3 aromatic rings. The van der Waals surface area contributed by atoms with E-state index in [1.54, 1.807) is 12.1 Å². The molecule has 0 bridgehead atoms. The second kappa shape index (κ2) is 13.8. The van der Waals surface area contributed by atoms with Crippen molar-refractivity contribution in [3.8, 4) is 0 Å². The third-order valence-corrected chi connectivity index (χ3v) is 5.87. The Labute approximate surface area is 210 Å². The first-order valence-electron chi connectivity index (χ1n) is 11.8. The van der Waals surface area contributed by atoms with Crippen LogP contribution in [0, 0.1) is 0 Å². The molecular formula is C26H32ClN3O5. The summed E-state index contributed by atoms with van der Waals surface area (Å²) in [5, 5.41) is 14.4. The van der Waals surface area contributed by atoms with Gasteiger partial charge in [-0.05, 0) is 37.1 Å². The van der Waals surface area contributed by atoms with Crippen LogP contribution < -0.4 is 5.32 Å². The van der Waals surface area contributed by atoms with Crippen molar-refractivity contribution in [2.75, 3.05) is 57.7 Å². The molecule has 0 atom stereocenters. The number of benzene rings is 2. The Balaban J connectivity index is 1.56. The third kappa shape index (κ3) is 7.52. The van der Waals surface area contributed by atoms with Gasteiger partial charge >= 0.3 is 11.9 Å². The minimum absolute atomic E-state index is 0.0455. The Morgan fingerprint density at radius 1 is 1.06 bits per heavy atom. The highest BCUT2D eigenvalue weighted by atomic mass is 35.5. The molecule has 0 unspecified atom stereocenters. The average Bonchev–Trinajstić information content (AvgIpc) is 2.87. The van der Waals surface area contributed by atoms with E-state index in [1.165, 1.54) is 7.11 Å². The second-order valence-corrected chi connectivity index (χ2v) is 8.46. The molecule has 0 radical (unpaired) electrons. The molecule has 0 saturated carbocycles. The number of methoxy groups -OCH3 is 1. The Hall–Kier alpha value is -2.94. The van der Waals surface area contributed by atoms with E-state index in [0.717, 1.165) is 33.9 Å². The molecule has 2 aromatic carbocycles. The summed E-state index contributed by atoms with van der Waals surface area (Å²) in [6, 6.07) is 13.2. The number of hydrogen-bond acceptors (Lipinski definition) is 8. The Morgan fingerprint density at radius 2 is 1.86 bits per heavy atom. The quantitative estimate of drug-likeness (QED) is 0.149. The van der Waals surface area contributed by atoms with Gasteiger partial charge in [0.2, 0.25) is 0 Å². The number of carbonyl (C=O) groups is 2. The SMILES string of the molecule is COC(=O)c1ccc2nc3ccccc3c(NCCCCC(=O)OCCN(CCO)CCCl)c2c1. The topological polar surface area (TPSA) is 101 Å². The number of carbonyl (C=O) groups excluding carboxylic acids is 2. The van der Waals surface area contributed by atoms with Crippen LogP contribution >= 0.6 is 11.6 Å². The molecule has 0 saturated heterocycles. The predicted octanol–water partition coefficient (Wildman–Crippen LogP) is 3.83. The zero-order chi connectivity index (χ0) is 25.0. The number of hydrogen-bond donors (Lipinski definition) is 2. The molecule has 0 aliphatic carbocycles. The number of fused-ring (bicyclic) bond motifs is 2. The molecule has 1 heterocycles. The van der Waals surface area contributed by atoms with E-state index >= 15 is 0 Å². The van der Waals surface area contributed by atoms with Gasteiger partial charge in [-0.1, -0.05) is 18.2 Å². The number of aliphatic hydroxyl groups excluding tert-OH is 1. The lowest BCUT2D eigenvalue weighted by molar-refractivity contribution is -0.144. The molecule has 0 fully saturated rings. The molecular weight excluding hydrogens is 470 g/mol. The first-order valence-corrected chi connectivity index (χ1v) is 12.3. The number of aromatic nitrogens is 1. The van der Waals surface area contributed by atoms with Crippen LogP contribution in [-0.2, 0) is 14.3 Å². The average molecular weight is 502 g/mol. The maximum absolute atomic E-state index is 12.1. The van der Waals surface area contributed by atoms with Gasteiger partial charge in [0, 0.05) is 49.3 Å². The number of pyridine rings is 1. The van der Waals surface area contributed by atoms with Crippen molar-refractivity contribution in [3.63, 3.8) is 0 Å². The van der Waals surface area contributed by atoms with Gasteiger partial charge in [-0.3, -0.25) is 9.69 Å². The van der Waals surface area contributed by atoms with Crippen LogP contribution in [0.1, 0.15) is 29.6 Å². The predicted molar refractivity (Wildman–Crippen MR) is 138 cm³/mol. The van der Waals surface area contributed by atoms with Crippen molar-refractivity contribution in [1.82, 2.24) is 9.88 Å². The van der Waals surface area contributed by atoms with Gasteiger partial charge in [0.1, 0.15) is 6.61 Å². The fourth-order valence-electron chi connectivity index (χ4n) is 3.89. The van der Waals surface area contributed by atoms with Gasteiger partial charge in [-0.25, -0.2) is 9.78 Å². The minimum Gasteiger partial charge on any atom is -0.465 e. The summed E-state index contributed by atoms with van der Waals surface area (Å²) in [4.78, 5) is 30.8. The summed E-state index contributed by atoms with van der Waals surface area (Å²) >= 11 is 5.75. The van der Waals surface area contributed by atoms with Gasteiger partial charge in [-0.2, -0.15) is 0 Å². The molecule has 35 heavy (non-hydrogen) atoms. The lowest BCUT2D eigenvalue weighted by Gasteiger charge is -2.19. The molecule has 9 heteroatoms. The van der Waals surface area contributed by atoms with Gasteiger partial charge in [0.25, 0.3) is 0 Å². The summed E-state index contributed by atoms with van der Waals surface area (Å²) in [6.07, 6.45) is 1.79. The number of anilines is 1. The molecule has 3 rings (SSSR count). The van der Waals surface area contributed by atoms with Crippen LogP contribution in [0.5, 0.6) is 0 Å². The van der Waals surface area contributed by atoms with Crippen molar-refractivity contribution in [3.05, 3.63) is 48.0 Å². The highest BCUT2D eigenvalue weighted by molar-refractivity contribution is 6.18. The molecule has 8 nitrogen and oxygen atoms in total. The number of alkyl halides is 1. The van der Waals surface area contributed by atoms with Gasteiger partial charge < -0.3 is 19.9 Å². The van der Waals surface area contributed by atoms with E-state index < -0.39 is 5.97 Å². The highest BCUT2D eigenvalue weighted by Crippen LogP contribution is 2.31. The van der Waals surface area contributed by atoms with E-state index in [-0.39, 0.29) is 19.2 Å². The van der Waals surface area contributed by atoms with Crippen LogP contribution in [0.4, 0.5) is 5.69 Å². The highest BCUT2D eigenvalue weighted by Gasteiger charge is 2.13. The number of aliphatic hydroxyl groups is 1. The number of nitrogens with one attached hydrogen (secondary N) is 1. The number of esters is 2. The van der Waals surface area contributed by atoms with Crippen LogP contribution in [-0.4, -0.2) is 79.3 Å². The van der Waals surface area contributed by atoms with Crippen molar-refractivity contribution < 1.29 is 24.2 Å². The number of unbranched alkanes of at least 4 members (excludes halogenated alkanes) is 1. The fraction of sp³-hybridized carbons (Fsp3) is 0.423. The van der Waals surface area contributed by atoms with Crippen molar-refractivity contribution in [2.24, 2.45) is 0 Å². The number of nitrogens with zero attached hydrogens (tertiary/aromatic N) is 2. The maximum Gasteiger partial charge on any atom is 0.337 e. The fourth-order valence-corrected chi connectivity index (χ4v) is 4.13. The summed E-state index contributed by atoms with van der Waals surface area (Å²) in [5.41, 5.74) is 3.02. The molecule has 188 valence electrons. The molecule has 0 aliphatic rings. The largest absolute Gasteiger partial charge is 0.465 e. The molecule has 0 amide bonds. The number of para-hydroxylation sites is 1. The van der Waals surface area contributed by atoms with Crippen molar-refractivity contribution >= 4 is 51.0 Å². The molecule has 0 spiro atoms. The monoisotopic (exact) mass is 501 g/mol. The van der Waals surface area contributed by atoms with Crippen molar-refractivity contribution in [1.29, 1.82) is 0 Å². The van der Waals surface area contributed by atoms with Crippen LogP contribution in [0.2, 0.25) is 0 Å². The van der Waals surface area contributed by atoms with E-state index in [0.29, 0.717) is 50.5 Å². The molecule has 0 aliphatic heterocycles. The van der Waals surface area contributed by atoms with Crippen LogP contribution in [0.15, 0.2) is 42.5 Å². The van der Waals surface area contributed by atoms with Gasteiger partial charge in [0.15, 0.2) is 0 Å². The Bertz CT molecular complexity index is 1130. The number of halogens is 1. The Morgan fingerprint density at radius 3 is 2.63 bits per heavy atom. The zero-order valence-corrected chi connectivity index (χ0v) is 20.7. The maximum atomic E-state index is 12.1. The summed E-state index contributed by atoms with van der Waals surface area (Å²) < 4.78 is 10.2. The smallest absolute Gasteiger partial charge is 0.337 e. The second-order valence-electron chi connectivity index (χ2n) is 8.09. The van der Waals surface area contributed by atoms with E-state index in [2.05, 4.69) is 5.32 Å². The summed E-state index contributed by atoms with van der Waals surface area (Å²) in [6.45, 7) is 2.69. The van der Waals surface area contributed by atoms with E-state index in [9.17, 15) is 9.59 Å². The summed E-state index contributed by atoms with van der Waals surface area (Å²) in [5.74, 6) is -0.165. The normalized spacial score (nSPS) is 11.2. The van der Waals surface area contributed by atoms with Gasteiger partial charge in [-0.15, -0.1) is 11.6 Å². The van der Waals surface area contributed by atoms with E-state index in [1.807, 2.05) is 35.2 Å². The number of rotatable bonds is 14. The Kier molecular flexibility index (Phi) is 10.5. The van der Waals surface area contributed by atoms with Crippen LogP contribution in [0.3, 0.4) is 0 Å². The number of ether oxygens (including phenoxy) is 2. The molecule has 1 aromatic heterocycles. The minimum atomic E-state index is -0.397. The lowest BCUT2D eigenvalue weighted by Crippen LogP contribution is -2.32. The first kappa shape index (κ1) is 26.7. The lowest BCUT2D eigenvalue weighted by atomic mass is 10.0. The third-order valence-electron chi connectivity index (χ3n) is 5.70. The van der Waals surface area contributed by atoms with Crippen LogP contribution in [0.25, 0.3) is 21.8 Å². The van der Waals surface area contributed by atoms with Crippen molar-refractivity contribution in [2.45, 2.75) is 19.3 Å². The standard InChI is InChI=1S/C26H32ClN3O5/c1-34-26(33)19-9-10-23-21(18-19)25(20-6-2-3-7-22(20)29-23)28-12-5-4-8-24(32)35-17-15-30(13-11-27)14-16-31/h2-3,6-7,9-10,18,31H,4-5,8,11-17H2,1H3,(H,28,29). The summed E-state index contributed by atoms with van der Waals surface area (Å²) in [7, 11) is 1.36. The molecule has 2 N–H and O–H groups in total. The zero-order valence-electron chi connectivity index (χ0n) is 20.0. The van der Waals surface area contributed by atoms with Gasteiger partial charge in [0.05, 0.1) is 36.0 Å².